The monoisotopic (exact) mass is 391 g/mol. The molecule has 25 heavy (non-hydrogen) atoms. The van der Waals surface area contributed by atoms with E-state index in [0.717, 1.165) is 30.2 Å². The van der Waals surface area contributed by atoms with Gasteiger partial charge < -0.3 is 11.1 Å². The van der Waals surface area contributed by atoms with Crippen molar-refractivity contribution in [2.75, 3.05) is 5.32 Å². The van der Waals surface area contributed by atoms with Gasteiger partial charge >= 0.3 is 6.18 Å². The molecule has 3 rings (SSSR count). The van der Waals surface area contributed by atoms with Crippen LogP contribution in [0.4, 0.5) is 18.3 Å². The van der Waals surface area contributed by atoms with E-state index < -0.39 is 11.7 Å². The summed E-state index contributed by atoms with van der Waals surface area (Å²) in [7, 11) is 0. The van der Waals surface area contributed by atoms with Gasteiger partial charge in [0, 0.05) is 22.9 Å². The summed E-state index contributed by atoms with van der Waals surface area (Å²) >= 11 is 1.11. The summed E-state index contributed by atoms with van der Waals surface area (Å²) in [4.78, 5) is 16.3. The zero-order chi connectivity index (χ0) is 17.3. The SMILES string of the molecule is Cl.NC1CCC(C(=O)Nc2nc(-c3ccccc3C(F)(F)F)cs2)C1. The molecule has 1 saturated carbocycles. The van der Waals surface area contributed by atoms with Gasteiger partial charge in [-0.15, -0.1) is 23.7 Å². The lowest BCUT2D eigenvalue weighted by Gasteiger charge is -2.11. The lowest BCUT2D eigenvalue weighted by Crippen LogP contribution is -2.23. The first-order chi connectivity index (χ1) is 11.3. The molecule has 1 aliphatic carbocycles. The molecule has 0 saturated heterocycles. The van der Waals surface area contributed by atoms with Crippen LogP contribution in [0.2, 0.25) is 0 Å². The summed E-state index contributed by atoms with van der Waals surface area (Å²) in [5.41, 5.74) is 5.26. The number of aromatic nitrogens is 1. The predicted octanol–water partition coefficient (Wildman–Crippen LogP) is 4.32. The molecule has 3 N–H and O–H groups in total. The zero-order valence-electron chi connectivity index (χ0n) is 13.0. The summed E-state index contributed by atoms with van der Waals surface area (Å²) in [5, 5.41) is 4.50. The zero-order valence-corrected chi connectivity index (χ0v) is 14.7. The molecule has 4 nitrogen and oxygen atoms in total. The highest BCUT2D eigenvalue weighted by atomic mass is 35.5. The third-order valence-electron chi connectivity index (χ3n) is 4.09. The second-order valence-electron chi connectivity index (χ2n) is 5.84. The van der Waals surface area contributed by atoms with Crippen molar-refractivity contribution in [2.45, 2.75) is 31.5 Å². The molecule has 0 aliphatic heterocycles. The quantitative estimate of drug-likeness (QED) is 0.818. The number of thiazole rings is 1. The average molecular weight is 392 g/mol. The fraction of sp³-hybridized carbons (Fsp3) is 0.375. The number of benzene rings is 1. The topological polar surface area (TPSA) is 68.0 Å². The van der Waals surface area contributed by atoms with Gasteiger partial charge in [-0.05, 0) is 25.3 Å². The van der Waals surface area contributed by atoms with Crippen LogP contribution in [-0.2, 0) is 11.0 Å². The van der Waals surface area contributed by atoms with Crippen LogP contribution in [0, 0.1) is 5.92 Å². The number of nitrogens with zero attached hydrogens (tertiary/aromatic N) is 1. The van der Waals surface area contributed by atoms with Gasteiger partial charge in [0.1, 0.15) is 0 Å². The maximum absolute atomic E-state index is 13.1. The Bertz CT molecular complexity index is 750. The van der Waals surface area contributed by atoms with Gasteiger partial charge in [-0.3, -0.25) is 4.79 Å². The van der Waals surface area contributed by atoms with Crippen LogP contribution in [-0.4, -0.2) is 16.9 Å². The average Bonchev–Trinajstić information content (AvgIpc) is 3.15. The van der Waals surface area contributed by atoms with E-state index in [4.69, 9.17) is 5.73 Å². The normalized spacial score (nSPS) is 20.2. The minimum atomic E-state index is -4.45. The van der Waals surface area contributed by atoms with Crippen LogP contribution in [0.1, 0.15) is 24.8 Å². The summed E-state index contributed by atoms with van der Waals surface area (Å²) < 4.78 is 39.3. The largest absolute Gasteiger partial charge is 0.417 e. The fourth-order valence-electron chi connectivity index (χ4n) is 2.87. The van der Waals surface area contributed by atoms with Crippen molar-refractivity contribution in [1.29, 1.82) is 0 Å². The minimum absolute atomic E-state index is 0. The van der Waals surface area contributed by atoms with Gasteiger partial charge in [-0.2, -0.15) is 13.2 Å². The Kier molecular flexibility index (Phi) is 6.08. The molecule has 136 valence electrons. The molecule has 2 atom stereocenters. The lowest BCUT2D eigenvalue weighted by molar-refractivity contribution is -0.137. The molecule has 0 bridgehead atoms. The number of hydrogen-bond acceptors (Lipinski definition) is 4. The van der Waals surface area contributed by atoms with Crippen molar-refractivity contribution in [1.82, 2.24) is 4.98 Å². The number of rotatable bonds is 3. The van der Waals surface area contributed by atoms with Crippen molar-refractivity contribution in [3.05, 3.63) is 35.2 Å². The Morgan fingerprint density at radius 2 is 2.00 bits per heavy atom. The first-order valence-corrected chi connectivity index (χ1v) is 8.41. The number of amides is 1. The Hall–Kier alpha value is -1.64. The smallest absolute Gasteiger partial charge is 0.328 e. The van der Waals surface area contributed by atoms with E-state index in [1.807, 2.05) is 0 Å². The van der Waals surface area contributed by atoms with Crippen LogP contribution in [0.25, 0.3) is 11.3 Å². The van der Waals surface area contributed by atoms with Crippen LogP contribution in [0.3, 0.4) is 0 Å². The first-order valence-electron chi connectivity index (χ1n) is 7.53. The molecule has 9 heteroatoms. The Morgan fingerprint density at radius 3 is 2.64 bits per heavy atom. The maximum Gasteiger partial charge on any atom is 0.417 e. The van der Waals surface area contributed by atoms with Gasteiger partial charge in [-0.25, -0.2) is 4.98 Å². The van der Waals surface area contributed by atoms with Gasteiger partial charge in [0.2, 0.25) is 5.91 Å². The molecule has 1 amide bonds. The van der Waals surface area contributed by atoms with E-state index in [0.29, 0.717) is 11.6 Å². The number of halogens is 4. The Morgan fingerprint density at radius 1 is 1.28 bits per heavy atom. The molecule has 2 aromatic rings. The van der Waals surface area contributed by atoms with Crippen LogP contribution in [0.15, 0.2) is 29.6 Å². The van der Waals surface area contributed by atoms with Crippen LogP contribution < -0.4 is 11.1 Å². The van der Waals surface area contributed by atoms with Crippen molar-refractivity contribution >= 4 is 34.8 Å². The number of nitrogens with one attached hydrogen (secondary N) is 1. The van der Waals surface area contributed by atoms with E-state index in [9.17, 15) is 18.0 Å². The van der Waals surface area contributed by atoms with E-state index in [-0.39, 0.29) is 41.5 Å². The fourth-order valence-corrected chi connectivity index (χ4v) is 3.58. The van der Waals surface area contributed by atoms with Crippen LogP contribution in [0.5, 0.6) is 0 Å². The van der Waals surface area contributed by atoms with E-state index >= 15 is 0 Å². The molecule has 1 aromatic heterocycles. The van der Waals surface area contributed by atoms with Gasteiger partial charge in [0.05, 0.1) is 11.3 Å². The third kappa shape index (κ3) is 4.50. The molecular weight excluding hydrogens is 375 g/mol. The Labute approximate surface area is 153 Å². The minimum Gasteiger partial charge on any atom is -0.328 e. The number of hydrogen-bond donors (Lipinski definition) is 2. The molecule has 2 unspecified atom stereocenters. The molecule has 0 spiro atoms. The number of carbonyl (C=O) groups is 1. The molecule has 1 aromatic carbocycles. The highest BCUT2D eigenvalue weighted by Crippen LogP contribution is 2.37. The van der Waals surface area contributed by atoms with Gasteiger partial charge in [0.15, 0.2) is 5.13 Å². The predicted molar refractivity (Wildman–Crippen MR) is 93.7 cm³/mol. The molecular formula is C16H17ClF3N3OS. The van der Waals surface area contributed by atoms with Crippen molar-refractivity contribution in [2.24, 2.45) is 11.7 Å². The third-order valence-corrected chi connectivity index (χ3v) is 4.84. The second-order valence-corrected chi connectivity index (χ2v) is 6.70. The summed E-state index contributed by atoms with van der Waals surface area (Å²) in [5.74, 6) is -0.331. The molecule has 0 radical (unpaired) electrons. The number of nitrogens with two attached hydrogens (primary N) is 1. The highest BCUT2D eigenvalue weighted by molar-refractivity contribution is 7.14. The molecule has 1 heterocycles. The van der Waals surface area contributed by atoms with E-state index in [2.05, 4.69) is 10.3 Å². The van der Waals surface area contributed by atoms with Gasteiger partial charge in [0.25, 0.3) is 0 Å². The second kappa shape index (κ2) is 7.72. The highest BCUT2D eigenvalue weighted by Gasteiger charge is 2.34. The van der Waals surface area contributed by atoms with Gasteiger partial charge in [-0.1, -0.05) is 18.2 Å². The molecule has 1 fully saturated rings. The van der Waals surface area contributed by atoms with E-state index in [1.54, 1.807) is 0 Å². The van der Waals surface area contributed by atoms with E-state index in [1.165, 1.54) is 23.6 Å². The molecule has 1 aliphatic rings. The summed E-state index contributed by atoms with van der Waals surface area (Å²) in [6.45, 7) is 0. The standard InChI is InChI=1S/C16H16F3N3OS.ClH/c17-16(18,19)12-4-2-1-3-11(12)13-8-24-15(21-13)22-14(23)9-5-6-10(20)7-9;/h1-4,8-10H,5-7,20H2,(H,21,22,23);1H. The summed E-state index contributed by atoms with van der Waals surface area (Å²) in [6, 6.07) is 5.30. The first kappa shape index (κ1) is 19.7. The lowest BCUT2D eigenvalue weighted by atomic mass is 10.1. The van der Waals surface area contributed by atoms with Crippen molar-refractivity contribution < 1.29 is 18.0 Å². The van der Waals surface area contributed by atoms with Crippen molar-refractivity contribution in [3.63, 3.8) is 0 Å². The summed E-state index contributed by atoms with van der Waals surface area (Å²) in [6.07, 6.45) is -2.30. The number of anilines is 1. The Balaban J connectivity index is 0.00000225. The maximum atomic E-state index is 13.1. The number of carbonyl (C=O) groups excluding carboxylic acids is 1. The number of alkyl halides is 3. The van der Waals surface area contributed by atoms with Crippen LogP contribution >= 0.6 is 23.7 Å². The van der Waals surface area contributed by atoms with Crippen molar-refractivity contribution in [3.8, 4) is 11.3 Å².